The van der Waals surface area contributed by atoms with Crippen molar-refractivity contribution in [3.05, 3.63) is 92.5 Å². The highest BCUT2D eigenvalue weighted by Gasteiger charge is 2.16. The minimum Gasteiger partial charge on any atom is -0.495 e. The van der Waals surface area contributed by atoms with Crippen LogP contribution in [0.4, 0.5) is 5.69 Å². The molecule has 4 rings (SSSR count). The lowest BCUT2D eigenvalue weighted by Crippen LogP contribution is -2.42. The third-order valence-electron chi connectivity index (χ3n) is 4.76. The number of rotatable bonds is 6. The largest absolute Gasteiger partial charge is 0.495 e. The fraction of sp³-hybridized carbons (Fsp3) is 0.136. The first-order valence-corrected chi connectivity index (χ1v) is 9.74. The summed E-state index contributed by atoms with van der Waals surface area (Å²) in [7, 11) is 1.49. The summed E-state index contributed by atoms with van der Waals surface area (Å²) in [5, 5.41) is 3.38. The summed E-state index contributed by atoms with van der Waals surface area (Å²) in [4.78, 5) is 38.7. The molecule has 31 heavy (non-hydrogen) atoms. The van der Waals surface area contributed by atoms with Gasteiger partial charge in [-0.3, -0.25) is 18.7 Å². The molecule has 0 saturated heterocycles. The number of ether oxygens (including phenoxy) is 1. The van der Waals surface area contributed by atoms with E-state index in [0.717, 1.165) is 4.57 Å². The molecule has 0 saturated carbocycles. The van der Waals surface area contributed by atoms with Crippen LogP contribution in [0.25, 0.3) is 10.9 Å². The average molecular weight is 440 g/mol. The summed E-state index contributed by atoms with van der Waals surface area (Å²) in [5.74, 6) is 0.488. The van der Waals surface area contributed by atoms with Gasteiger partial charge in [0.05, 0.1) is 35.8 Å². The van der Waals surface area contributed by atoms with Crippen LogP contribution >= 0.6 is 11.6 Å². The normalized spacial score (nSPS) is 10.9. The van der Waals surface area contributed by atoms with E-state index in [-0.39, 0.29) is 13.1 Å². The van der Waals surface area contributed by atoms with E-state index < -0.39 is 17.2 Å². The summed E-state index contributed by atoms with van der Waals surface area (Å²) in [6.07, 6.45) is 1.47. The average Bonchev–Trinajstić information content (AvgIpc) is 3.28. The number of furan rings is 1. The second kappa shape index (κ2) is 8.53. The molecule has 0 bridgehead atoms. The molecule has 0 fully saturated rings. The van der Waals surface area contributed by atoms with Crippen LogP contribution in [0.15, 0.2) is 74.9 Å². The molecule has 9 heteroatoms. The Labute approximate surface area is 181 Å². The van der Waals surface area contributed by atoms with Crippen molar-refractivity contribution in [2.45, 2.75) is 13.1 Å². The molecule has 8 nitrogen and oxygen atoms in total. The highest BCUT2D eigenvalue weighted by atomic mass is 35.5. The Balaban J connectivity index is 1.71. The van der Waals surface area contributed by atoms with Gasteiger partial charge in [-0.1, -0.05) is 23.7 Å². The lowest BCUT2D eigenvalue weighted by atomic mass is 10.2. The summed E-state index contributed by atoms with van der Waals surface area (Å²) in [6.45, 7) is -0.327. The summed E-state index contributed by atoms with van der Waals surface area (Å²) < 4.78 is 12.7. The van der Waals surface area contributed by atoms with Crippen molar-refractivity contribution in [1.29, 1.82) is 0 Å². The highest BCUT2D eigenvalue weighted by Crippen LogP contribution is 2.27. The monoisotopic (exact) mass is 439 g/mol. The SMILES string of the molecule is COc1ccc(NC(=O)Cn2c(=O)n(Cc3ccco3)c(=O)c3ccccc32)cc1Cl. The van der Waals surface area contributed by atoms with Crippen LogP contribution in [0.2, 0.25) is 5.02 Å². The molecular weight excluding hydrogens is 422 g/mol. The minimum atomic E-state index is -0.608. The molecule has 4 aromatic rings. The Morgan fingerprint density at radius 3 is 2.61 bits per heavy atom. The number of fused-ring (bicyclic) bond motifs is 1. The van der Waals surface area contributed by atoms with E-state index in [2.05, 4.69) is 5.32 Å². The molecule has 1 amide bonds. The maximum absolute atomic E-state index is 13.1. The van der Waals surface area contributed by atoms with Gasteiger partial charge >= 0.3 is 5.69 Å². The molecule has 0 aliphatic heterocycles. The predicted octanol–water partition coefficient (Wildman–Crippen LogP) is 3.11. The summed E-state index contributed by atoms with van der Waals surface area (Å²) in [5.41, 5.74) is -0.230. The van der Waals surface area contributed by atoms with Crippen LogP contribution in [-0.2, 0) is 17.9 Å². The number of para-hydroxylation sites is 1. The minimum absolute atomic E-state index is 0.0365. The van der Waals surface area contributed by atoms with Crippen LogP contribution in [0.3, 0.4) is 0 Å². The van der Waals surface area contributed by atoms with Crippen LogP contribution in [0.1, 0.15) is 5.76 Å². The Kier molecular flexibility index (Phi) is 5.64. The first-order chi connectivity index (χ1) is 15.0. The number of hydrogen-bond acceptors (Lipinski definition) is 5. The Morgan fingerprint density at radius 2 is 1.90 bits per heavy atom. The van der Waals surface area contributed by atoms with Crippen molar-refractivity contribution in [3.8, 4) is 5.75 Å². The molecule has 2 heterocycles. The molecule has 0 spiro atoms. The molecule has 0 radical (unpaired) electrons. The van der Waals surface area contributed by atoms with Crippen molar-refractivity contribution < 1.29 is 13.9 Å². The highest BCUT2D eigenvalue weighted by molar-refractivity contribution is 6.32. The van der Waals surface area contributed by atoms with E-state index in [1.54, 1.807) is 54.6 Å². The van der Waals surface area contributed by atoms with E-state index in [1.165, 1.54) is 17.9 Å². The van der Waals surface area contributed by atoms with Gasteiger partial charge in [-0.15, -0.1) is 0 Å². The van der Waals surface area contributed by atoms with Crippen molar-refractivity contribution in [1.82, 2.24) is 9.13 Å². The van der Waals surface area contributed by atoms with Crippen LogP contribution in [0.5, 0.6) is 5.75 Å². The van der Waals surface area contributed by atoms with Gasteiger partial charge < -0.3 is 14.5 Å². The fourth-order valence-corrected chi connectivity index (χ4v) is 3.57. The van der Waals surface area contributed by atoms with Gasteiger partial charge in [-0.2, -0.15) is 0 Å². The standard InChI is InChI=1S/C22H18ClN3O5/c1-30-19-9-8-14(11-17(19)23)24-20(27)13-25-18-7-3-2-6-16(18)21(28)26(22(25)29)12-15-5-4-10-31-15/h2-11H,12-13H2,1H3,(H,24,27). The van der Waals surface area contributed by atoms with Gasteiger partial charge in [0, 0.05) is 5.69 Å². The number of nitrogens with zero attached hydrogens (tertiary/aromatic N) is 2. The lowest BCUT2D eigenvalue weighted by molar-refractivity contribution is -0.116. The molecule has 158 valence electrons. The summed E-state index contributed by atoms with van der Waals surface area (Å²) in [6, 6.07) is 14.8. The second-order valence-corrected chi connectivity index (χ2v) is 7.16. The molecule has 2 aromatic carbocycles. The number of benzene rings is 2. The number of carbonyl (C=O) groups excluding carboxylic acids is 1. The number of halogens is 1. The van der Waals surface area contributed by atoms with Crippen molar-refractivity contribution in [2.24, 2.45) is 0 Å². The third kappa shape index (κ3) is 4.10. The zero-order valence-electron chi connectivity index (χ0n) is 16.5. The maximum atomic E-state index is 13.1. The molecule has 0 unspecified atom stereocenters. The number of nitrogens with one attached hydrogen (secondary N) is 1. The smallest absolute Gasteiger partial charge is 0.332 e. The van der Waals surface area contributed by atoms with E-state index in [9.17, 15) is 14.4 Å². The van der Waals surface area contributed by atoms with Crippen molar-refractivity contribution >= 4 is 34.1 Å². The predicted molar refractivity (Wildman–Crippen MR) is 117 cm³/mol. The van der Waals surface area contributed by atoms with E-state index in [0.29, 0.717) is 33.1 Å². The number of carbonyl (C=O) groups is 1. The molecule has 2 aromatic heterocycles. The fourth-order valence-electron chi connectivity index (χ4n) is 3.31. The Morgan fingerprint density at radius 1 is 1.10 bits per heavy atom. The first-order valence-electron chi connectivity index (χ1n) is 9.36. The second-order valence-electron chi connectivity index (χ2n) is 6.75. The quantitative estimate of drug-likeness (QED) is 0.498. The maximum Gasteiger partial charge on any atom is 0.332 e. The topological polar surface area (TPSA) is 95.5 Å². The Bertz CT molecular complexity index is 1370. The number of amides is 1. The van der Waals surface area contributed by atoms with E-state index >= 15 is 0 Å². The number of hydrogen-bond donors (Lipinski definition) is 1. The van der Waals surface area contributed by atoms with E-state index in [4.69, 9.17) is 20.8 Å². The molecular formula is C22H18ClN3O5. The van der Waals surface area contributed by atoms with Crippen molar-refractivity contribution in [2.75, 3.05) is 12.4 Å². The van der Waals surface area contributed by atoms with Gasteiger partial charge in [0.2, 0.25) is 5.91 Å². The van der Waals surface area contributed by atoms with Gasteiger partial charge in [0.15, 0.2) is 0 Å². The van der Waals surface area contributed by atoms with Crippen LogP contribution in [0, 0.1) is 0 Å². The molecule has 0 atom stereocenters. The number of anilines is 1. The van der Waals surface area contributed by atoms with Gasteiger partial charge in [-0.05, 0) is 42.5 Å². The third-order valence-corrected chi connectivity index (χ3v) is 5.06. The zero-order valence-corrected chi connectivity index (χ0v) is 17.3. The molecule has 0 aliphatic carbocycles. The van der Waals surface area contributed by atoms with E-state index in [1.807, 2.05) is 0 Å². The number of methoxy groups -OCH3 is 1. The van der Waals surface area contributed by atoms with Crippen LogP contribution in [-0.4, -0.2) is 22.2 Å². The summed E-state index contributed by atoms with van der Waals surface area (Å²) >= 11 is 6.10. The lowest BCUT2D eigenvalue weighted by Gasteiger charge is -2.14. The van der Waals surface area contributed by atoms with Gasteiger partial charge in [0.25, 0.3) is 5.56 Å². The zero-order chi connectivity index (χ0) is 22.0. The van der Waals surface area contributed by atoms with Crippen LogP contribution < -0.4 is 21.3 Å². The van der Waals surface area contributed by atoms with Gasteiger partial charge in [0.1, 0.15) is 18.1 Å². The Hall–Kier alpha value is -3.78. The van der Waals surface area contributed by atoms with Crippen molar-refractivity contribution in [3.63, 3.8) is 0 Å². The number of aromatic nitrogens is 2. The molecule has 1 N–H and O–H groups in total. The van der Waals surface area contributed by atoms with Gasteiger partial charge in [-0.25, -0.2) is 4.79 Å². The first kappa shape index (κ1) is 20.5. The molecule has 0 aliphatic rings.